The quantitative estimate of drug-likeness (QED) is 0.576. The van der Waals surface area contributed by atoms with Gasteiger partial charge >= 0.3 is 5.97 Å². The molecule has 6 heteroatoms. The Labute approximate surface area is 146 Å². The summed E-state index contributed by atoms with van der Waals surface area (Å²) >= 11 is 1.45. The smallest absolute Gasteiger partial charge is 0.338 e. The Hall–Kier alpha value is -2.21. The minimum Gasteiger partial charge on any atom is -0.497 e. The van der Waals surface area contributed by atoms with Gasteiger partial charge in [0.05, 0.1) is 19.3 Å². The summed E-state index contributed by atoms with van der Waals surface area (Å²) in [6.07, 6.45) is 0.796. The van der Waals surface area contributed by atoms with Crippen molar-refractivity contribution in [3.05, 3.63) is 47.2 Å². The van der Waals surface area contributed by atoms with Crippen molar-refractivity contribution in [3.8, 4) is 11.5 Å². The van der Waals surface area contributed by atoms with Crippen molar-refractivity contribution in [2.75, 3.05) is 19.5 Å². The Morgan fingerprint density at radius 2 is 1.88 bits per heavy atom. The molecule has 0 aliphatic rings. The lowest BCUT2D eigenvalue weighted by Gasteiger charge is -2.10. The van der Waals surface area contributed by atoms with Crippen LogP contribution in [0.15, 0.2) is 35.4 Å². The van der Waals surface area contributed by atoms with Crippen LogP contribution in [-0.4, -0.2) is 35.5 Å². The lowest BCUT2D eigenvalue weighted by Crippen LogP contribution is -2.06. The molecule has 0 saturated heterocycles. The predicted octanol–water partition coefficient (Wildman–Crippen LogP) is 3.97. The molecule has 0 saturated carbocycles. The molecule has 0 aliphatic heterocycles. The normalized spacial score (nSPS) is 10.5. The van der Waals surface area contributed by atoms with Gasteiger partial charge in [0.15, 0.2) is 0 Å². The zero-order chi connectivity index (χ0) is 17.5. The summed E-state index contributed by atoms with van der Waals surface area (Å²) in [4.78, 5) is 15.7. The third kappa shape index (κ3) is 4.89. The lowest BCUT2D eigenvalue weighted by atomic mass is 10.1. The second kappa shape index (κ2) is 8.59. The fraction of sp³-hybridized carbons (Fsp3) is 0.333. The van der Waals surface area contributed by atoms with Crippen molar-refractivity contribution in [2.24, 2.45) is 0 Å². The Balaban J connectivity index is 1.85. The number of benzene rings is 1. The van der Waals surface area contributed by atoms with Gasteiger partial charge in [0, 0.05) is 11.4 Å². The number of aryl methyl sites for hydroxylation is 2. The second-order valence-electron chi connectivity index (χ2n) is 5.29. The van der Waals surface area contributed by atoms with Crippen LogP contribution in [0.25, 0.3) is 0 Å². The summed E-state index contributed by atoms with van der Waals surface area (Å²) in [6, 6.07) is 9.21. The van der Waals surface area contributed by atoms with Gasteiger partial charge in [-0.2, -0.15) is 0 Å². The minimum absolute atomic E-state index is 0.293. The Kier molecular flexibility index (Phi) is 6.49. The van der Waals surface area contributed by atoms with Crippen LogP contribution >= 0.6 is 11.8 Å². The third-order valence-electron chi connectivity index (χ3n) is 3.38. The first-order chi connectivity index (χ1) is 11.5. The van der Waals surface area contributed by atoms with Crippen molar-refractivity contribution in [3.63, 3.8) is 0 Å². The number of rotatable bonds is 8. The van der Waals surface area contributed by atoms with Gasteiger partial charge in [0.2, 0.25) is 0 Å². The second-order valence-corrected chi connectivity index (χ2v) is 6.38. The highest BCUT2D eigenvalue weighted by Crippen LogP contribution is 2.25. The molecule has 0 aliphatic carbocycles. The van der Waals surface area contributed by atoms with E-state index in [-0.39, 0.29) is 0 Å². The number of thioether (sulfide) groups is 1. The molecule has 1 heterocycles. The van der Waals surface area contributed by atoms with E-state index in [4.69, 9.17) is 9.47 Å². The SMILES string of the molecule is COc1ccc(OCCCSc2nc(C)cc(C)c2C(=O)O)cc1. The fourth-order valence-electron chi connectivity index (χ4n) is 2.26. The molecule has 0 amide bonds. The minimum atomic E-state index is -0.933. The molecule has 128 valence electrons. The van der Waals surface area contributed by atoms with Gasteiger partial charge in [-0.15, -0.1) is 11.8 Å². The van der Waals surface area contributed by atoms with E-state index in [1.807, 2.05) is 31.2 Å². The van der Waals surface area contributed by atoms with E-state index in [1.54, 1.807) is 20.1 Å². The number of pyridine rings is 1. The van der Waals surface area contributed by atoms with E-state index in [9.17, 15) is 9.90 Å². The molecular formula is C18H21NO4S. The summed E-state index contributed by atoms with van der Waals surface area (Å²) in [5, 5.41) is 9.92. The zero-order valence-electron chi connectivity index (χ0n) is 14.0. The first kappa shape index (κ1) is 18.1. The van der Waals surface area contributed by atoms with Gasteiger partial charge in [0.25, 0.3) is 0 Å². The van der Waals surface area contributed by atoms with Crippen molar-refractivity contribution in [1.29, 1.82) is 0 Å². The molecule has 1 N–H and O–H groups in total. The average molecular weight is 347 g/mol. The monoisotopic (exact) mass is 347 g/mol. The molecule has 5 nitrogen and oxygen atoms in total. The van der Waals surface area contributed by atoms with Crippen LogP contribution in [0.2, 0.25) is 0 Å². The molecule has 2 rings (SSSR count). The summed E-state index contributed by atoms with van der Waals surface area (Å²) < 4.78 is 10.8. The molecule has 0 fully saturated rings. The van der Waals surface area contributed by atoms with Crippen LogP contribution in [0.1, 0.15) is 28.0 Å². The van der Waals surface area contributed by atoms with Crippen LogP contribution in [0.3, 0.4) is 0 Å². The van der Waals surface area contributed by atoms with Crippen LogP contribution < -0.4 is 9.47 Å². The van der Waals surface area contributed by atoms with E-state index in [0.29, 0.717) is 17.2 Å². The standard InChI is InChI=1S/C18H21NO4S/c1-12-11-13(2)19-17(16(12)18(20)21)24-10-4-9-23-15-7-5-14(22-3)6-8-15/h5-8,11H,4,9-10H2,1-3H3,(H,20,21). The summed E-state index contributed by atoms with van der Waals surface area (Å²) in [5.74, 6) is 1.39. The van der Waals surface area contributed by atoms with Gasteiger partial charge in [0.1, 0.15) is 16.5 Å². The average Bonchev–Trinajstić information content (AvgIpc) is 2.54. The number of carboxylic acids is 1. The van der Waals surface area contributed by atoms with Gasteiger partial charge in [-0.25, -0.2) is 9.78 Å². The number of ether oxygens (including phenoxy) is 2. The maximum absolute atomic E-state index is 11.4. The number of carboxylic acid groups (broad SMARTS) is 1. The van der Waals surface area contributed by atoms with E-state index in [0.717, 1.165) is 34.9 Å². The predicted molar refractivity (Wildman–Crippen MR) is 94.5 cm³/mol. The molecule has 0 radical (unpaired) electrons. The molecule has 0 atom stereocenters. The van der Waals surface area contributed by atoms with Gasteiger partial charge < -0.3 is 14.6 Å². The highest BCUT2D eigenvalue weighted by atomic mass is 32.2. The maximum Gasteiger partial charge on any atom is 0.338 e. The molecule has 0 unspecified atom stereocenters. The van der Waals surface area contributed by atoms with E-state index >= 15 is 0 Å². The van der Waals surface area contributed by atoms with Crippen molar-refractivity contribution < 1.29 is 19.4 Å². The van der Waals surface area contributed by atoms with E-state index in [2.05, 4.69) is 4.98 Å². The van der Waals surface area contributed by atoms with Gasteiger partial charge in [-0.1, -0.05) is 0 Å². The first-order valence-electron chi connectivity index (χ1n) is 7.62. The number of hydrogen-bond acceptors (Lipinski definition) is 5. The van der Waals surface area contributed by atoms with Crippen molar-refractivity contribution in [1.82, 2.24) is 4.98 Å². The fourth-order valence-corrected chi connectivity index (χ4v) is 3.31. The number of hydrogen-bond donors (Lipinski definition) is 1. The van der Waals surface area contributed by atoms with Gasteiger partial charge in [-0.3, -0.25) is 0 Å². The molecule has 1 aromatic heterocycles. The van der Waals surface area contributed by atoms with Crippen molar-refractivity contribution >= 4 is 17.7 Å². The van der Waals surface area contributed by atoms with Crippen LogP contribution in [0.5, 0.6) is 11.5 Å². The van der Waals surface area contributed by atoms with Crippen LogP contribution in [-0.2, 0) is 0 Å². The van der Waals surface area contributed by atoms with Crippen molar-refractivity contribution in [2.45, 2.75) is 25.3 Å². The third-order valence-corrected chi connectivity index (χ3v) is 4.44. The Morgan fingerprint density at radius 1 is 1.21 bits per heavy atom. The van der Waals surface area contributed by atoms with E-state index in [1.165, 1.54) is 11.8 Å². The first-order valence-corrected chi connectivity index (χ1v) is 8.61. The highest BCUT2D eigenvalue weighted by molar-refractivity contribution is 7.99. The molecule has 2 aromatic rings. The number of aromatic carboxylic acids is 1. The van der Waals surface area contributed by atoms with Crippen LogP contribution in [0.4, 0.5) is 0 Å². The zero-order valence-corrected chi connectivity index (χ0v) is 14.9. The molecule has 1 aromatic carbocycles. The molecule has 24 heavy (non-hydrogen) atoms. The summed E-state index contributed by atoms with van der Waals surface area (Å²) in [7, 11) is 1.62. The lowest BCUT2D eigenvalue weighted by molar-refractivity contribution is 0.0691. The summed E-state index contributed by atoms with van der Waals surface area (Å²) in [5.41, 5.74) is 1.86. The number of methoxy groups -OCH3 is 1. The molecular weight excluding hydrogens is 326 g/mol. The number of aromatic nitrogens is 1. The maximum atomic E-state index is 11.4. The van der Waals surface area contributed by atoms with E-state index < -0.39 is 5.97 Å². The Morgan fingerprint density at radius 3 is 2.50 bits per heavy atom. The number of carbonyl (C=O) groups is 1. The topological polar surface area (TPSA) is 68.7 Å². The molecule has 0 spiro atoms. The van der Waals surface area contributed by atoms with Crippen LogP contribution in [0, 0.1) is 13.8 Å². The Bertz CT molecular complexity index is 701. The van der Waals surface area contributed by atoms with Gasteiger partial charge in [-0.05, 0) is 56.2 Å². The largest absolute Gasteiger partial charge is 0.497 e. The highest BCUT2D eigenvalue weighted by Gasteiger charge is 2.15. The molecule has 0 bridgehead atoms. The summed E-state index contributed by atoms with van der Waals surface area (Å²) in [6.45, 7) is 4.23. The number of nitrogens with zero attached hydrogens (tertiary/aromatic N) is 1.